The second-order valence-corrected chi connectivity index (χ2v) is 9.84. The highest BCUT2D eigenvalue weighted by molar-refractivity contribution is 6.31. The molecule has 3 amide bonds. The van der Waals surface area contributed by atoms with E-state index in [0.717, 1.165) is 10.8 Å². The SMILES string of the molecule is CN(C(=O)NCc1cccc(F)c1Cl)[C@H](COC(=O)Nc1cc2ccccc2cn1)C[C@@H]1COC(C)(C)O1. The minimum atomic E-state index is -0.746. The third-order valence-corrected chi connectivity index (χ3v) is 6.62. The summed E-state index contributed by atoms with van der Waals surface area (Å²) in [6, 6.07) is 12.8. The second-order valence-electron chi connectivity index (χ2n) is 9.46. The Hall–Kier alpha value is -3.47. The Labute approximate surface area is 225 Å². The molecule has 11 heteroatoms. The van der Waals surface area contributed by atoms with Crippen molar-refractivity contribution in [3.8, 4) is 0 Å². The van der Waals surface area contributed by atoms with E-state index in [0.29, 0.717) is 24.4 Å². The smallest absolute Gasteiger partial charge is 0.412 e. The average Bonchev–Trinajstić information content (AvgIpc) is 3.24. The Kier molecular flexibility index (Phi) is 8.65. The van der Waals surface area contributed by atoms with Crippen LogP contribution in [-0.4, -0.2) is 60.2 Å². The number of hydrogen-bond donors (Lipinski definition) is 2. The molecular weight excluding hydrogens is 515 g/mol. The summed E-state index contributed by atoms with van der Waals surface area (Å²) in [7, 11) is 1.58. The van der Waals surface area contributed by atoms with E-state index in [9.17, 15) is 14.0 Å². The predicted octanol–water partition coefficient (Wildman–Crippen LogP) is 5.33. The molecule has 2 atom stereocenters. The first-order chi connectivity index (χ1) is 18.1. The fraction of sp³-hybridized carbons (Fsp3) is 0.370. The number of carbonyl (C=O) groups is 2. The molecule has 3 aromatic rings. The molecule has 2 N–H and O–H groups in total. The number of amides is 3. The molecule has 2 heterocycles. The number of rotatable bonds is 8. The van der Waals surface area contributed by atoms with Crippen molar-refractivity contribution >= 4 is 40.3 Å². The van der Waals surface area contributed by atoms with Crippen LogP contribution in [0.2, 0.25) is 5.02 Å². The number of halogens is 2. The van der Waals surface area contributed by atoms with E-state index >= 15 is 0 Å². The molecule has 4 rings (SSSR count). The van der Waals surface area contributed by atoms with Crippen molar-refractivity contribution in [3.05, 3.63) is 71.1 Å². The third-order valence-electron chi connectivity index (χ3n) is 6.20. The molecule has 0 spiro atoms. The average molecular weight is 545 g/mol. The molecule has 1 saturated heterocycles. The Morgan fingerprint density at radius 2 is 2.00 bits per heavy atom. The molecule has 202 valence electrons. The highest BCUT2D eigenvalue weighted by atomic mass is 35.5. The first-order valence-corrected chi connectivity index (χ1v) is 12.5. The number of benzene rings is 2. The third kappa shape index (κ3) is 7.09. The van der Waals surface area contributed by atoms with Crippen molar-refractivity contribution in [2.45, 2.75) is 44.7 Å². The molecule has 0 saturated carbocycles. The quantitative estimate of drug-likeness (QED) is 0.397. The lowest BCUT2D eigenvalue weighted by Crippen LogP contribution is -2.47. The van der Waals surface area contributed by atoms with Gasteiger partial charge in [0.25, 0.3) is 0 Å². The largest absolute Gasteiger partial charge is 0.447 e. The van der Waals surface area contributed by atoms with E-state index in [1.54, 1.807) is 25.4 Å². The highest BCUT2D eigenvalue weighted by Gasteiger charge is 2.36. The van der Waals surface area contributed by atoms with Gasteiger partial charge in [0.15, 0.2) is 5.79 Å². The van der Waals surface area contributed by atoms with Crippen LogP contribution in [0.15, 0.2) is 54.7 Å². The molecule has 1 aromatic heterocycles. The summed E-state index contributed by atoms with van der Waals surface area (Å²) in [6.45, 7) is 3.87. The van der Waals surface area contributed by atoms with Crippen molar-refractivity contribution in [2.24, 2.45) is 0 Å². The zero-order valence-electron chi connectivity index (χ0n) is 21.4. The number of anilines is 1. The lowest BCUT2D eigenvalue weighted by Gasteiger charge is -2.30. The number of nitrogens with one attached hydrogen (secondary N) is 2. The van der Waals surface area contributed by atoms with Gasteiger partial charge in [-0.1, -0.05) is 48.0 Å². The maximum atomic E-state index is 13.7. The molecule has 0 bridgehead atoms. The minimum Gasteiger partial charge on any atom is -0.447 e. The van der Waals surface area contributed by atoms with Crippen LogP contribution in [-0.2, 0) is 20.8 Å². The summed E-state index contributed by atoms with van der Waals surface area (Å²) < 4.78 is 30.8. The van der Waals surface area contributed by atoms with Crippen LogP contribution >= 0.6 is 11.6 Å². The van der Waals surface area contributed by atoms with Crippen LogP contribution < -0.4 is 10.6 Å². The Morgan fingerprint density at radius 1 is 1.24 bits per heavy atom. The van der Waals surface area contributed by atoms with E-state index in [4.69, 9.17) is 25.8 Å². The lowest BCUT2D eigenvalue weighted by molar-refractivity contribution is -0.140. The monoisotopic (exact) mass is 544 g/mol. The molecule has 38 heavy (non-hydrogen) atoms. The zero-order chi connectivity index (χ0) is 27.3. The maximum absolute atomic E-state index is 13.7. The highest BCUT2D eigenvalue weighted by Crippen LogP contribution is 2.26. The second kappa shape index (κ2) is 11.9. The number of nitrogens with zero attached hydrogens (tertiary/aromatic N) is 2. The first-order valence-electron chi connectivity index (χ1n) is 12.1. The summed E-state index contributed by atoms with van der Waals surface area (Å²) in [5, 5.41) is 7.17. The van der Waals surface area contributed by atoms with Gasteiger partial charge in [0.05, 0.1) is 23.8 Å². The normalized spacial score (nSPS) is 17.1. The van der Waals surface area contributed by atoms with E-state index in [2.05, 4.69) is 15.6 Å². The topological polar surface area (TPSA) is 102 Å². The number of aromatic nitrogens is 1. The number of urea groups is 1. The number of ether oxygens (including phenoxy) is 3. The zero-order valence-corrected chi connectivity index (χ0v) is 22.1. The summed E-state index contributed by atoms with van der Waals surface area (Å²) >= 11 is 6.00. The number of likely N-dealkylation sites (N-methyl/N-ethyl adjacent to an activating group) is 1. The van der Waals surface area contributed by atoms with Crippen LogP contribution in [0.4, 0.5) is 19.8 Å². The number of pyridine rings is 1. The Morgan fingerprint density at radius 3 is 2.74 bits per heavy atom. The van der Waals surface area contributed by atoms with Gasteiger partial charge in [-0.2, -0.15) is 0 Å². The van der Waals surface area contributed by atoms with Gasteiger partial charge in [-0.25, -0.2) is 19.0 Å². The molecule has 0 radical (unpaired) electrons. The van der Waals surface area contributed by atoms with Crippen LogP contribution in [0.3, 0.4) is 0 Å². The molecule has 0 aliphatic carbocycles. The van der Waals surface area contributed by atoms with Gasteiger partial charge in [0.2, 0.25) is 0 Å². The number of carbonyl (C=O) groups excluding carboxylic acids is 2. The summed E-state index contributed by atoms with van der Waals surface area (Å²) in [4.78, 5) is 31.2. The van der Waals surface area contributed by atoms with Gasteiger partial charge in [-0.05, 0) is 43.4 Å². The first kappa shape index (κ1) is 27.6. The number of hydrogen-bond acceptors (Lipinski definition) is 6. The van der Waals surface area contributed by atoms with Gasteiger partial charge in [0, 0.05) is 25.2 Å². The van der Waals surface area contributed by atoms with Crippen molar-refractivity contribution in [3.63, 3.8) is 0 Å². The molecule has 1 aliphatic heterocycles. The van der Waals surface area contributed by atoms with Crippen molar-refractivity contribution < 1.29 is 28.2 Å². The summed E-state index contributed by atoms with van der Waals surface area (Å²) in [5.74, 6) is -0.965. The van der Waals surface area contributed by atoms with E-state index in [1.807, 2.05) is 38.1 Å². The fourth-order valence-corrected chi connectivity index (χ4v) is 4.32. The molecule has 9 nitrogen and oxygen atoms in total. The van der Waals surface area contributed by atoms with Crippen molar-refractivity contribution in [1.29, 1.82) is 0 Å². The van der Waals surface area contributed by atoms with Gasteiger partial charge in [0.1, 0.15) is 18.2 Å². The van der Waals surface area contributed by atoms with Crippen molar-refractivity contribution in [1.82, 2.24) is 15.2 Å². The fourth-order valence-electron chi connectivity index (χ4n) is 4.13. The Balaban J connectivity index is 1.39. The molecule has 1 fully saturated rings. The van der Waals surface area contributed by atoms with Crippen molar-refractivity contribution in [2.75, 3.05) is 25.6 Å². The Bertz CT molecular complexity index is 1310. The lowest BCUT2D eigenvalue weighted by atomic mass is 10.1. The minimum absolute atomic E-state index is 0.0253. The van der Waals surface area contributed by atoms with E-state index < -0.39 is 29.8 Å². The summed E-state index contributed by atoms with van der Waals surface area (Å²) in [6.07, 6.45) is 1.00. The molecule has 0 unspecified atom stereocenters. The molecular formula is C27H30ClFN4O5. The van der Waals surface area contributed by atoms with Crippen LogP contribution in [0.25, 0.3) is 10.8 Å². The van der Waals surface area contributed by atoms with Crippen LogP contribution in [0, 0.1) is 5.82 Å². The van der Waals surface area contributed by atoms with Crippen LogP contribution in [0.1, 0.15) is 25.8 Å². The van der Waals surface area contributed by atoms with E-state index in [-0.39, 0.29) is 24.3 Å². The molecule has 1 aliphatic rings. The predicted molar refractivity (Wildman–Crippen MR) is 141 cm³/mol. The van der Waals surface area contributed by atoms with Gasteiger partial charge < -0.3 is 24.4 Å². The van der Waals surface area contributed by atoms with Gasteiger partial charge >= 0.3 is 12.1 Å². The standard InChI is InChI=1S/C27H30ClFN4O5/c1-27(2)37-16-21(38-27)12-20(33(3)25(34)31-14-19-9-6-10-22(29)24(19)28)15-36-26(35)32-23-11-17-7-4-5-8-18(17)13-30-23/h4-11,13,20-21H,12,14-16H2,1-3H3,(H,31,34)(H,30,32,35)/t20-,21+/m0/s1. The summed E-state index contributed by atoms with van der Waals surface area (Å²) in [5.41, 5.74) is 0.442. The maximum Gasteiger partial charge on any atom is 0.412 e. The van der Waals surface area contributed by atoms with Gasteiger partial charge in [-0.15, -0.1) is 0 Å². The van der Waals surface area contributed by atoms with Crippen LogP contribution in [0.5, 0.6) is 0 Å². The number of fused-ring (bicyclic) bond motifs is 1. The molecule has 2 aromatic carbocycles. The van der Waals surface area contributed by atoms with E-state index in [1.165, 1.54) is 17.0 Å². The van der Waals surface area contributed by atoms with Gasteiger partial charge in [-0.3, -0.25) is 5.32 Å².